The second-order valence-electron chi connectivity index (χ2n) is 6.24. The van der Waals surface area contributed by atoms with E-state index >= 15 is 0 Å². The zero-order valence-electron chi connectivity index (χ0n) is 14.3. The van der Waals surface area contributed by atoms with Crippen LogP contribution >= 0.6 is 0 Å². The largest absolute Gasteiger partial charge is 0.454 e. The Bertz CT molecular complexity index is 705. The van der Waals surface area contributed by atoms with Crippen LogP contribution in [0.25, 0.3) is 0 Å². The molecule has 27 heavy (non-hydrogen) atoms. The summed E-state index contributed by atoms with van der Waals surface area (Å²) in [7, 11) is 0. The van der Waals surface area contributed by atoms with Gasteiger partial charge in [0.25, 0.3) is 0 Å². The van der Waals surface area contributed by atoms with Crippen molar-refractivity contribution in [2.75, 3.05) is 51.4 Å². The number of alkyl halides is 3. The number of ether oxygens (including phenoxy) is 2. The van der Waals surface area contributed by atoms with E-state index in [2.05, 4.69) is 10.6 Å². The highest BCUT2D eigenvalue weighted by Crippen LogP contribution is 2.34. The zero-order chi connectivity index (χ0) is 19.4. The number of anilines is 1. The average molecular weight is 388 g/mol. The summed E-state index contributed by atoms with van der Waals surface area (Å²) in [6.07, 6.45) is -4.23. The number of rotatable bonds is 4. The van der Waals surface area contributed by atoms with E-state index < -0.39 is 24.7 Å². The lowest BCUT2D eigenvalue weighted by Crippen LogP contribution is -2.52. The summed E-state index contributed by atoms with van der Waals surface area (Å²) < 4.78 is 47.5. The van der Waals surface area contributed by atoms with Gasteiger partial charge in [0, 0.05) is 37.9 Å². The van der Waals surface area contributed by atoms with Gasteiger partial charge in [0.15, 0.2) is 11.5 Å². The SMILES string of the molecule is O=C(CN1CCN(CC(F)(F)F)CC1)NC(=O)Nc1ccc2c(c1)OCO2. The predicted octanol–water partition coefficient (Wildman–Crippen LogP) is 1.24. The van der Waals surface area contributed by atoms with E-state index in [9.17, 15) is 22.8 Å². The number of urea groups is 1. The Hall–Kier alpha value is -2.53. The molecule has 1 aromatic rings. The van der Waals surface area contributed by atoms with Gasteiger partial charge in [-0.3, -0.25) is 19.9 Å². The van der Waals surface area contributed by atoms with Crippen molar-refractivity contribution in [3.63, 3.8) is 0 Å². The number of amides is 3. The summed E-state index contributed by atoms with van der Waals surface area (Å²) >= 11 is 0. The van der Waals surface area contributed by atoms with Crippen molar-refractivity contribution in [2.24, 2.45) is 0 Å². The van der Waals surface area contributed by atoms with Gasteiger partial charge < -0.3 is 14.8 Å². The first-order valence-corrected chi connectivity index (χ1v) is 8.30. The molecule has 2 N–H and O–H groups in total. The highest BCUT2D eigenvalue weighted by atomic mass is 19.4. The number of fused-ring (bicyclic) bond motifs is 1. The van der Waals surface area contributed by atoms with Crippen molar-refractivity contribution in [2.45, 2.75) is 6.18 Å². The molecule has 3 rings (SSSR count). The van der Waals surface area contributed by atoms with Crippen LogP contribution in [-0.4, -0.2) is 74.0 Å². The van der Waals surface area contributed by atoms with Gasteiger partial charge in [0.1, 0.15) is 0 Å². The number of imide groups is 1. The van der Waals surface area contributed by atoms with Crippen molar-refractivity contribution in [1.82, 2.24) is 15.1 Å². The van der Waals surface area contributed by atoms with Crippen LogP contribution in [0.1, 0.15) is 0 Å². The molecule has 1 aromatic carbocycles. The Balaban J connectivity index is 1.40. The van der Waals surface area contributed by atoms with Crippen molar-refractivity contribution in [1.29, 1.82) is 0 Å². The van der Waals surface area contributed by atoms with Gasteiger partial charge >= 0.3 is 12.2 Å². The number of nitrogens with one attached hydrogen (secondary N) is 2. The molecule has 0 aromatic heterocycles. The Labute approximate surface area is 153 Å². The molecule has 2 heterocycles. The first-order valence-electron chi connectivity index (χ1n) is 8.30. The molecule has 3 amide bonds. The van der Waals surface area contributed by atoms with E-state index in [0.717, 1.165) is 0 Å². The monoisotopic (exact) mass is 388 g/mol. The summed E-state index contributed by atoms with van der Waals surface area (Å²) in [6, 6.07) is 4.12. The fraction of sp³-hybridized carbons (Fsp3) is 0.500. The fourth-order valence-electron chi connectivity index (χ4n) is 2.86. The molecule has 1 fully saturated rings. The maximum atomic E-state index is 12.4. The molecular formula is C16H19F3N4O4. The molecule has 0 saturated carbocycles. The van der Waals surface area contributed by atoms with Crippen molar-refractivity contribution >= 4 is 17.6 Å². The van der Waals surface area contributed by atoms with E-state index in [-0.39, 0.29) is 26.4 Å². The number of hydrogen-bond donors (Lipinski definition) is 2. The van der Waals surface area contributed by atoms with Crippen molar-refractivity contribution in [3.05, 3.63) is 18.2 Å². The van der Waals surface area contributed by atoms with E-state index in [1.807, 2.05) is 0 Å². The Morgan fingerprint density at radius 3 is 2.41 bits per heavy atom. The number of piperazine rings is 1. The van der Waals surface area contributed by atoms with E-state index in [4.69, 9.17) is 9.47 Å². The summed E-state index contributed by atoms with van der Waals surface area (Å²) in [4.78, 5) is 26.9. The van der Waals surface area contributed by atoms with Crippen LogP contribution in [0.3, 0.4) is 0 Å². The van der Waals surface area contributed by atoms with E-state index in [0.29, 0.717) is 30.3 Å². The van der Waals surface area contributed by atoms with Gasteiger partial charge in [0.05, 0.1) is 13.1 Å². The minimum atomic E-state index is -4.23. The maximum absolute atomic E-state index is 12.4. The molecule has 148 valence electrons. The zero-order valence-corrected chi connectivity index (χ0v) is 14.3. The average Bonchev–Trinajstić information content (AvgIpc) is 3.02. The molecule has 0 atom stereocenters. The Morgan fingerprint density at radius 2 is 1.70 bits per heavy atom. The standard InChI is InChI=1S/C16H19F3N4O4/c17-16(18,19)9-23-5-3-22(4-6-23)8-14(24)21-15(25)20-11-1-2-12-13(7-11)27-10-26-12/h1-2,7H,3-6,8-10H2,(H2,20,21,24,25). The Kier molecular flexibility index (Phi) is 5.71. The van der Waals surface area contributed by atoms with Gasteiger partial charge in [-0.25, -0.2) is 4.79 Å². The van der Waals surface area contributed by atoms with Gasteiger partial charge in [-0.05, 0) is 12.1 Å². The maximum Gasteiger partial charge on any atom is 0.401 e. The number of benzene rings is 1. The summed E-state index contributed by atoms with van der Waals surface area (Å²) in [5, 5.41) is 4.71. The van der Waals surface area contributed by atoms with E-state index in [1.54, 1.807) is 23.1 Å². The molecule has 0 bridgehead atoms. The molecule has 8 nitrogen and oxygen atoms in total. The van der Waals surface area contributed by atoms with Gasteiger partial charge in [-0.15, -0.1) is 0 Å². The number of carbonyl (C=O) groups is 2. The lowest BCUT2D eigenvalue weighted by Gasteiger charge is -2.34. The molecule has 0 spiro atoms. The van der Waals surface area contributed by atoms with Crippen molar-refractivity contribution < 1.29 is 32.2 Å². The normalized spacial score (nSPS) is 17.6. The molecule has 2 aliphatic heterocycles. The second kappa shape index (κ2) is 8.01. The molecule has 0 unspecified atom stereocenters. The summed E-state index contributed by atoms with van der Waals surface area (Å²) in [6.45, 7) is 0.187. The predicted molar refractivity (Wildman–Crippen MR) is 88.7 cm³/mol. The van der Waals surface area contributed by atoms with Crippen LogP contribution in [0.15, 0.2) is 18.2 Å². The van der Waals surface area contributed by atoms with Crippen LogP contribution in [0.2, 0.25) is 0 Å². The smallest absolute Gasteiger partial charge is 0.401 e. The molecule has 1 saturated heterocycles. The second-order valence-corrected chi connectivity index (χ2v) is 6.24. The van der Waals surface area contributed by atoms with Gasteiger partial charge in [-0.2, -0.15) is 13.2 Å². The quantitative estimate of drug-likeness (QED) is 0.808. The third kappa shape index (κ3) is 5.73. The van der Waals surface area contributed by atoms with Gasteiger partial charge in [-0.1, -0.05) is 0 Å². The van der Waals surface area contributed by atoms with Crippen LogP contribution in [-0.2, 0) is 4.79 Å². The first kappa shape index (κ1) is 19.2. The minimum Gasteiger partial charge on any atom is -0.454 e. The number of nitrogens with zero attached hydrogens (tertiary/aromatic N) is 2. The van der Waals surface area contributed by atoms with Crippen LogP contribution in [0.5, 0.6) is 11.5 Å². The lowest BCUT2D eigenvalue weighted by molar-refractivity contribution is -0.149. The molecule has 0 aliphatic carbocycles. The molecule has 0 radical (unpaired) electrons. The van der Waals surface area contributed by atoms with Gasteiger partial charge in [0.2, 0.25) is 12.7 Å². The fourth-order valence-corrected chi connectivity index (χ4v) is 2.86. The van der Waals surface area contributed by atoms with Crippen LogP contribution in [0.4, 0.5) is 23.7 Å². The van der Waals surface area contributed by atoms with Crippen LogP contribution < -0.4 is 20.1 Å². The van der Waals surface area contributed by atoms with E-state index in [1.165, 1.54) is 4.90 Å². The minimum absolute atomic E-state index is 0.0611. The topological polar surface area (TPSA) is 83.1 Å². The molecule has 11 heteroatoms. The molecular weight excluding hydrogens is 369 g/mol. The highest BCUT2D eigenvalue weighted by molar-refractivity contribution is 6.01. The number of halogens is 3. The lowest BCUT2D eigenvalue weighted by atomic mass is 10.3. The number of hydrogen-bond acceptors (Lipinski definition) is 6. The summed E-state index contributed by atoms with van der Waals surface area (Å²) in [5.74, 6) is 0.537. The summed E-state index contributed by atoms with van der Waals surface area (Å²) in [5.41, 5.74) is 0.435. The number of carbonyl (C=O) groups excluding carboxylic acids is 2. The Morgan fingerprint density at radius 1 is 1.04 bits per heavy atom. The highest BCUT2D eigenvalue weighted by Gasteiger charge is 2.32. The molecule has 2 aliphatic rings. The van der Waals surface area contributed by atoms with Crippen LogP contribution in [0, 0.1) is 0 Å². The first-order chi connectivity index (χ1) is 12.8. The third-order valence-corrected chi connectivity index (χ3v) is 4.12. The third-order valence-electron chi connectivity index (χ3n) is 4.12. The van der Waals surface area contributed by atoms with Crippen molar-refractivity contribution in [3.8, 4) is 11.5 Å².